The average Bonchev–Trinajstić information content (AvgIpc) is 2.43. The summed E-state index contributed by atoms with van der Waals surface area (Å²) in [6.07, 6.45) is 4.00. The van der Waals surface area contributed by atoms with Gasteiger partial charge in [0.25, 0.3) is 0 Å². The monoisotopic (exact) mass is 307 g/mol. The first kappa shape index (κ1) is 16.9. The van der Waals surface area contributed by atoms with Crippen LogP contribution in [0.5, 0.6) is 0 Å². The molecule has 0 saturated heterocycles. The second kappa shape index (κ2) is 7.58. The van der Waals surface area contributed by atoms with E-state index in [9.17, 15) is 23.1 Å². The quantitative estimate of drug-likeness (QED) is 0.663. The van der Waals surface area contributed by atoms with E-state index < -0.39 is 33.8 Å². The number of hydrogen-bond donors (Lipinski definition) is 2. The van der Waals surface area contributed by atoms with Gasteiger partial charge in [0, 0.05) is 0 Å². The Hall–Kier alpha value is -1.15. The highest BCUT2D eigenvalue weighted by Crippen LogP contribution is 2.27. The van der Waals surface area contributed by atoms with E-state index in [-0.39, 0.29) is 12.3 Å². The summed E-state index contributed by atoms with van der Waals surface area (Å²) in [7, 11) is -2.64. The molecule has 0 amide bonds. The summed E-state index contributed by atoms with van der Waals surface area (Å²) in [6, 6.07) is -1.11. The van der Waals surface area contributed by atoms with Gasteiger partial charge in [-0.1, -0.05) is 19.3 Å². The molecule has 1 unspecified atom stereocenters. The zero-order valence-electron chi connectivity index (χ0n) is 11.5. The van der Waals surface area contributed by atoms with Crippen molar-refractivity contribution >= 4 is 22.0 Å². The molecule has 1 rings (SSSR count). The van der Waals surface area contributed by atoms with E-state index in [1.807, 2.05) is 0 Å². The number of sulfonamides is 1. The first-order valence-electron chi connectivity index (χ1n) is 6.65. The summed E-state index contributed by atoms with van der Waals surface area (Å²) < 4.78 is 30.2. The lowest BCUT2D eigenvalue weighted by Crippen LogP contribution is -2.47. The molecular formula is C12H21NO6S. The molecule has 0 aromatic carbocycles. The van der Waals surface area contributed by atoms with Gasteiger partial charge in [-0.15, -0.1) is 0 Å². The Labute approximate surface area is 118 Å². The van der Waals surface area contributed by atoms with E-state index in [1.54, 1.807) is 0 Å². The summed E-state index contributed by atoms with van der Waals surface area (Å²) >= 11 is 0. The van der Waals surface area contributed by atoms with Gasteiger partial charge in [0.15, 0.2) is 0 Å². The molecule has 1 saturated carbocycles. The van der Waals surface area contributed by atoms with Crippen LogP contribution >= 0.6 is 0 Å². The van der Waals surface area contributed by atoms with Gasteiger partial charge in [0.2, 0.25) is 10.0 Å². The number of esters is 1. The number of nitrogens with one attached hydrogen (secondary N) is 1. The highest BCUT2D eigenvalue weighted by molar-refractivity contribution is 7.89. The molecule has 1 fully saturated rings. The fourth-order valence-corrected chi connectivity index (χ4v) is 3.62. The second-order valence-corrected chi connectivity index (χ2v) is 6.85. The van der Waals surface area contributed by atoms with Crippen LogP contribution in [0.1, 0.15) is 38.5 Å². The Kier molecular flexibility index (Phi) is 6.41. The van der Waals surface area contributed by atoms with Crippen molar-refractivity contribution in [1.29, 1.82) is 0 Å². The highest BCUT2D eigenvalue weighted by Gasteiger charge is 2.32. The lowest BCUT2D eigenvalue weighted by atomic mass is 9.84. The molecule has 7 nitrogen and oxygen atoms in total. The molecule has 0 spiro atoms. The van der Waals surface area contributed by atoms with Crippen LogP contribution in [-0.4, -0.2) is 44.4 Å². The molecule has 0 bridgehead atoms. The van der Waals surface area contributed by atoms with Crippen LogP contribution in [0.4, 0.5) is 0 Å². The van der Waals surface area contributed by atoms with E-state index in [0.717, 1.165) is 19.3 Å². The predicted molar refractivity (Wildman–Crippen MR) is 71.6 cm³/mol. The Morgan fingerprint density at radius 2 is 1.90 bits per heavy atom. The van der Waals surface area contributed by atoms with Gasteiger partial charge in [-0.2, -0.15) is 0 Å². The van der Waals surface area contributed by atoms with E-state index in [4.69, 9.17) is 0 Å². The molecule has 0 aromatic heterocycles. The standard InChI is InChI=1S/C12H21NO6S/c1-19-10(14)7-8-20(17,18)13-11(12(15)16)9-5-3-2-4-6-9/h9,11,13H,2-8H2,1H3,(H,15,16). The minimum Gasteiger partial charge on any atom is -0.480 e. The molecule has 8 heteroatoms. The minimum atomic E-state index is -3.81. The number of rotatable bonds is 7. The number of carboxylic acid groups (broad SMARTS) is 1. The van der Waals surface area contributed by atoms with Crippen molar-refractivity contribution in [3.05, 3.63) is 0 Å². The number of hydrogen-bond acceptors (Lipinski definition) is 5. The van der Waals surface area contributed by atoms with Crippen molar-refractivity contribution in [2.24, 2.45) is 5.92 Å². The lowest BCUT2D eigenvalue weighted by molar-refractivity contribution is -0.141. The maximum absolute atomic E-state index is 11.8. The van der Waals surface area contributed by atoms with Crippen molar-refractivity contribution in [2.45, 2.75) is 44.6 Å². The van der Waals surface area contributed by atoms with Crippen molar-refractivity contribution in [3.63, 3.8) is 0 Å². The predicted octanol–water partition coefficient (Wildman–Crippen LogP) is 0.502. The fourth-order valence-electron chi connectivity index (χ4n) is 2.39. The molecule has 1 aliphatic carbocycles. The molecule has 20 heavy (non-hydrogen) atoms. The highest BCUT2D eigenvalue weighted by atomic mass is 32.2. The number of methoxy groups -OCH3 is 1. The average molecular weight is 307 g/mol. The first-order chi connectivity index (χ1) is 9.35. The molecule has 1 atom stereocenters. The maximum atomic E-state index is 11.8. The van der Waals surface area contributed by atoms with Crippen LogP contribution in [0.15, 0.2) is 0 Å². The Balaban J connectivity index is 2.64. The van der Waals surface area contributed by atoms with Gasteiger partial charge in [0.05, 0.1) is 19.3 Å². The van der Waals surface area contributed by atoms with E-state index in [0.29, 0.717) is 12.8 Å². The zero-order chi connectivity index (χ0) is 15.2. The van der Waals surface area contributed by atoms with E-state index in [1.165, 1.54) is 7.11 Å². The number of carboxylic acids is 1. The van der Waals surface area contributed by atoms with Crippen LogP contribution < -0.4 is 4.72 Å². The third-order valence-corrected chi connectivity index (χ3v) is 4.85. The summed E-state index contributed by atoms with van der Waals surface area (Å²) in [6.45, 7) is 0. The topological polar surface area (TPSA) is 110 Å². The van der Waals surface area contributed by atoms with Gasteiger partial charge in [-0.3, -0.25) is 9.59 Å². The molecule has 0 heterocycles. The van der Waals surface area contributed by atoms with E-state index in [2.05, 4.69) is 9.46 Å². The molecule has 0 aliphatic heterocycles. The van der Waals surface area contributed by atoms with Gasteiger partial charge in [0.1, 0.15) is 6.04 Å². The Morgan fingerprint density at radius 1 is 1.30 bits per heavy atom. The number of carbonyl (C=O) groups is 2. The summed E-state index contributed by atoms with van der Waals surface area (Å²) in [5.74, 6) is -2.46. The van der Waals surface area contributed by atoms with Crippen molar-refractivity contribution in [2.75, 3.05) is 12.9 Å². The summed E-state index contributed by atoms with van der Waals surface area (Å²) in [5.41, 5.74) is 0. The van der Waals surface area contributed by atoms with Gasteiger partial charge < -0.3 is 9.84 Å². The SMILES string of the molecule is COC(=O)CCS(=O)(=O)NC(C(=O)O)C1CCCCC1. The van der Waals surface area contributed by atoms with Crippen molar-refractivity contribution in [3.8, 4) is 0 Å². The summed E-state index contributed by atoms with van der Waals surface area (Å²) in [4.78, 5) is 22.2. The zero-order valence-corrected chi connectivity index (χ0v) is 12.3. The van der Waals surface area contributed by atoms with Gasteiger partial charge in [-0.05, 0) is 18.8 Å². The van der Waals surface area contributed by atoms with Gasteiger partial charge >= 0.3 is 11.9 Å². The lowest BCUT2D eigenvalue weighted by Gasteiger charge is -2.27. The number of ether oxygens (including phenoxy) is 1. The molecule has 0 aromatic rings. The molecule has 2 N–H and O–H groups in total. The van der Waals surface area contributed by atoms with Gasteiger partial charge in [-0.25, -0.2) is 13.1 Å². The summed E-state index contributed by atoms with van der Waals surface area (Å²) in [5, 5.41) is 9.19. The Morgan fingerprint density at radius 3 is 2.40 bits per heavy atom. The van der Waals surface area contributed by atoms with Crippen LogP contribution in [0.25, 0.3) is 0 Å². The Bertz CT molecular complexity index is 441. The normalized spacial score (nSPS) is 18.4. The second-order valence-electron chi connectivity index (χ2n) is 4.98. The molecular weight excluding hydrogens is 286 g/mol. The smallest absolute Gasteiger partial charge is 0.322 e. The maximum Gasteiger partial charge on any atom is 0.322 e. The van der Waals surface area contributed by atoms with Crippen molar-refractivity contribution in [1.82, 2.24) is 4.72 Å². The number of aliphatic carboxylic acids is 1. The van der Waals surface area contributed by atoms with E-state index >= 15 is 0 Å². The largest absolute Gasteiger partial charge is 0.480 e. The van der Waals surface area contributed by atoms with Crippen LogP contribution in [-0.2, 0) is 24.3 Å². The van der Waals surface area contributed by atoms with Crippen LogP contribution in [0.3, 0.4) is 0 Å². The molecule has 116 valence electrons. The first-order valence-corrected chi connectivity index (χ1v) is 8.30. The van der Waals surface area contributed by atoms with Crippen molar-refractivity contribution < 1.29 is 27.9 Å². The third-order valence-electron chi connectivity index (χ3n) is 3.50. The fraction of sp³-hybridized carbons (Fsp3) is 0.833. The van der Waals surface area contributed by atoms with Crippen LogP contribution in [0.2, 0.25) is 0 Å². The minimum absolute atomic E-state index is 0.186. The van der Waals surface area contributed by atoms with Crippen LogP contribution in [0, 0.1) is 5.92 Å². The molecule has 0 radical (unpaired) electrons. The third kappa shape index (κ3) is 5.46. The number of carbonyl (C=O) groups excluding carboxylic acids is 1. The molecule has 1 aliphatic rings.